The summed E-state index contributed by atoms with van der Waals surface area (Å²) in [6.07, 6.45) is 1.83. The number of benzene rings is 2. The number of methoxy groups -OCH3 is 2. The normalized spacial score (nSPS) is 18.5. The molecule has 0 amide bonds. The third kappa shape index (κ3) is 3.65. The molecule has 3 rings (SSSR count). The number of aryl methyl sites for hydroxylation is 1. The van der Waals surface area contributed by atoms with Crippen LogP contribution < -0.4 is 15.2 Å². The number of nitrogens with two attached hydrogens (primary N) is 1. The van der Waals surface area contributed by atoms with Crippen LogP contribution in [0.5, 0.6) is 11.5 Å². The predicted octanol–water partition coefficient (Wildman–Crippen LogP) is 3.46. The number of fused-ring (bicyclic) bond motifs is 1. The van der Waals surface area contributed by atoms with E-state index in [0.717, 1.165) is 30.9 Å². The second kappa shape index (κ2) is 7.46. The molecule has 0 aromatic heterocycles. The second-order valence-electron chi connectivity index (χ2n) is 6.83. The van der Waals surface area contributed by atoms with Crippen molar-refractivity contribution in [2.45, 2.75) is 38.9 Å². The van der Waals surface area contributed by atoms with Crippen LogP contribution in [0.3, 0.4) is 0 Å². The lowest BCUT2D eigenvalue weighted by Crippen LogP contribution is -2.47. The summed E-state index contributed by atoms with van der Waals surface area (Å²) >= 11 is 0. The van der Waals surface area contributed by atoms with E-state index in [1.807, 2.05) is 0 Å². The Hall–Kier alpha value is -2.04. The molecule has 0 spiro atoms. The first-order valence-electron chi connectivity index (χ1n) is 8.85. The smallest absolute Gasteiger partial charge is 0.161 e. The van der Waals surface area contributed by atoms with Crippen LogP contribution in [0.4, 0.5) is 0 Å². The molecule has 0 fully saturated rings. The van der Waals surface area contributed by atoms with Crippen molar-refractivity contribution in [1.29, 1.82) is 0 Å². The Kier molecular flexibility index (Phi) is 5.30. The van der Waals surface area contributed by atoms with E-state index in [9.17, 15) is 0 Å². The molecular formula is C21H28N2O2. The molecule has 2 aromatic rings. The molecule has 0 aliphatic carbocycles. The van der Waals surface area contributed by atoms with Crippen LogP contribution in [0.1, 0.15) is 35.2 Å². The van der Waals surface area contributed by atoms with Gasteiger partial charge < -0.3 is 15.2 Å². The Balaban J connectivity index is 1.80. The third-order valence-electron chi connectivity index (χ3n) is 5.22. The summed E-state index contributed by atoms with van der Waals surface area (Å²) in [5, 5.41) is 0. The fourth-order valence-electron chi connectivity index (χ4n) is 3.70. The number of rotatable bonds is 5. The summed E-state index contributed by atoms with van der Waals surface area (Å²) in [5.74, 6) is 1.58. The molecule has 2 unspecified atom stereocenters. The average Bonchev–Trinajstić information content (AvgIpc) is 2.62. The van der Waals surface area contributed by atoms with E-state index in [1.54, 1.807) is 14.2 Å². The predicted molar refractivity (Wildman–Crippen MR) is 101 cm³/mol. The van der Waals surface area contributed by atoms with Gasteiger partial charge in [0.2, 0.25) is 0 Å². The van der Waals surface area contributed by atoms with Crippen molar-refractivity contribution < 1.29 is 9.47 Å². The van der Waals surface area contributed by atoms with Gasteiger partial charge in [0.15, 0.2) is 11.5 Å². The van der Waals surface area contributed by atoms with Crippen LogP contribution in [-0.4, -0.2) is 31.8 Å². The van der Waals surface area contributed by atoms with Crippen molar-refractivity contribution >= 4 is 0 Å². The van der Waals surface area contributed by atoms with Gasteiger partial charge in [-0.2, -0.15) is 0 Å². The Labute approximate surface area is 150 Å². The van der Waals surface area contributed by atoms with Gasteiger partial charge in [0, 0.05) is 19.0 Å². The molecule has 1 heterocycles. The molecule has 2 aromatic carbocycles. The van der Waals surface area contributed by atoms with E-state index in [-0.39, 0.29) is 12.2 Å². The van der Waals surface area contributed by atoms with Crippen molar-refractivity contribution in [1.82, 2.24) is 4.90 Å². The van der Waals surface area contributed by atoms with Gasteiger partial charge in [-0.15, -0.1) is 0 Å². The Morgan fingerprint density at radius 2 is 1.76 bits per heavy atom. The molecule has 0 saturated carbocycles. The van der Waals surface area contributed by atoms with Crippen molar-refractivity contribution in [3.05, 3.63) is 58.7 Å². The van der Waals surface area contributed by atoms with Crippen LogP contribution in [-0.2, 0) is 12.8 Å². The summed E-state index contributed by atoms with van der Waals surface area (Å²) in [7, 11) is 3.36. The number of nitrogens with zero attached hydrogens (tertiary/aromatic N) is 1. The Morgan fingerprint density at radius 1 is 1.12 bits per heavy atom. The van der Waals surface area contributed by atoms with Crippen molar-refractivity contribution in [2.75, 3.05) is 20.8 Å². The summed E-state index contributed by atoms with van der Waals surface area (Å²) in [4.78, 5) is 2.38. The van der Waals surface area contributed by atoms with E-state index >= 15 is 0 Å². The molecule has 4 heteroatoms. The standard InChI is InChI=1S/C21H28N2O2/c1-14-5-7-16(8-6-14)11-21(22)23-10-9-17-12-19(24-3)20(25-4)13-18(17)15(23)2/h5-8,12-13,15,21H,9-11,22H2,1-4H3. The maximum absolute atomic E-state index is 6.56. The minimum absolute atomic E-state index is 0.000970. The van der Waals surface area contributed by atoms with Crippen LogP contribution in [0.15, 0.2) is 36.4 Å². The topological polar surface area (TPSA) is 47.7 Å². The van der Waals surface area contributed by atoms with E-state index in [2.05, 4.69) is 55.1 Å². The van der Waals surface area contributed by atoms with Gasteiger partial charge in [0.1, 0.15) is 0 Å². The van der Waals surface area contributed by atoms with E-state index in [4.69, 9.17) is 15.2 Å². The first-order chi connectivity index (χ1) is 12.0. The minimum Gasteiger partial charge on any atom is -0.493 e. The number of ether oxygens (including phenoxy) is 2. The zero-order chi connectivity index (χ0) is 18.0. The fraction of sp³-hybridized carbons (Fsp3) is 0.429. The van der Waals surface area contributed by atoms with E-state index in [0.29, 0.717) is 0 Å². The molecule has 2 N–H and O–H groups in total. The molecule has 1 aliphatic heterocycles. The first kappa shape index (κ1) is 17.8. The highest BCUT2D eigenvalue weighted by molar-refractivity contribution is 5.49. The monoisotopic (exact) mass is 340 g/mol. The first-order valence-corrected chi connectivity index (χ1v) is 8.85. The van der Waals surface area contributed by atoms with Crippen molar-refractivity contribution in [3.63, 3.8) is 0 Å². The largest absolute Gasteiger partial charge is 0.493 e. The van der Waals surface area contributed by atoms with Crippen molar-refractivity contribution in [2.24, 2.45) is 5.73 Å². The highest BCUT2D eigenvalue weighted by Crippen LogP contribution is 2.38. The zero-order valence-corrected chi connectivity index (χ0v) is 15.6. The van der Waals surface area contributed by atoms with Gasteiger partial charge >= 0.3 is 0 Å². The highest BCUT2D eigenvalue weighted by atomic mass is 16.5. The number of hydrogen-bond acceptors (Lipinski definition) is 4. The molecule has 0 bridgehead atoms. The lowest BCUT2D eigenvalue weighted by Gasteiger charge is -2.39. The quantitative estimate of drug-likeness (QED) is 0.905. The number of hydrogen-bond donors (Lipinski definition) is 1. The molecule has 2 atom stereocenters. The van der Waals surface area contributed by atoms with Gasteiger partial charge in [-0.25, -0.2) is 0 Å². The highest BCUT2D eigenvalue weighted by Gasteiger charge is 2.29. The maximum Gasteiger partial charge on any atom is 0.161 e. The van der Waals surface area contributed by atoms with Crippen LogP contribution >= 0.6 is 0 Å². The summed E-state index contributed by atoms with van der Waals surface area (Å²) in [6.45, 7) is 5.28. The van der Waals surface area contributed by atoms with Crippen LogP contribution in [0.2, 0.25) is 0 Å². The molecule has 0 saturated heterocycles. The molecule has 134 valence electrons. The third-order valence-corrected chi connectivity index (χ3v) is 5.22. The molecule has 25 heavy (non-hydrogen) atoms. The second-order valence-corrected chi connectivity index (χ2v) is 6.83. The van der Waals surface area contributed by atoms with Crippen molar-refractivity contribution in [3.8, 4) is 11.5 Å². The lowest BCUT2D eigenvalue weighted by atomic mass is 9.91. The summed E-state index contributed by atoms with van der Waals surface area (Å²) in [5.41, 5.74) is 11.7. The van der Waals surface area contributed by atoms with E-state index < -0.39 is 0 Å². The molecule has 1 aliphatic rings. The summed E-state index contributed by atoms with van der Waals surface area (Å²) < 4.78 is 10.9. The summed E-state index contributed by atoms with van der Waals surface area (Å²) in [6, 6.07) is 13.1. The van der Waals surface area contributed by atoms with Gasteiger partial charge in [-0.05, 0) is 49.1 Å². The Bertz CT molecular complexity index is 727. The average molecular weight is 340 g/mol. The SMILES string of the molecule is COc1cc2c(cc1OC)C(C)N(C(N)Cc1ccc(C)cc1)CC2. The maximum atomic E-state index is 6.56. The van der Waals surface area contributed by atoms with Crippen LogP contribution in [0, 0.1) is 6.92 Å². The molecular weight excluding hydrogens is 312 g/mol. The molecule has 4 nitrogen and oxygen atoms in total. The minimum atomic E-state index is -0.000970. The fourth-order valence-corrected chi connectivity index (χ4v) is 3.70. The van der Waals surface area contributed by atoms with Crippen LogP contribution in [0.25, 0.3) is 0 Å². The molecule has 0 radical (unpaired) electrons. The van der Waals surface area contributed by atoms with Gasteiger partial charge in [0.25, 0.3) is 0 Å². The van der Waals surface area contributed by atoms with Gasteiger partial charge in [-0.1, -0.05) is 29.8 Å². The van der Waals surface area contributed by atoms with Gasteiger partial charge in [0.05, 0.1) is 20.4 Å². The van der Waals surface area contributed by atoms with E-state index in [1.165, 1.54) is 22.3 Å². The lowest BCUT2D eigenvalue weighted by molar-refractivity contribution is 0.135. The Morgan fingerprint density at radius 3 is 2.40 bits per heavy atom. The zero-order valence-electron chi connectivity index (χ0n) is 15.6. The van der Waals surface area contributed by atoms with Gasteiger partial charge in [-0.3, -0.25) is 4.90 Å².